The molecule has 0 saturated carbocycles. The zero-order chi connectivity index (χ0) is 21.6. The summed E-state index contributed by atoms with van der Waals surface area (Å²) in [5.74, 6) is -0.546. The third-order valence-corrected chi connectivity index (χ3v) is 6.41. The highest BCUT2D eigenvalue weighted by atomic mass is 35.5. The summed E-state index contributed by atoms with van der Waals surface area (Å²) in [6, 6.07) is 16.7. The van der Waals surface area contributed by atoms with Gasteiger partial charge in [-0.05, 0) is 35.9 Å². The molecule has 0 spiro atoms. The van der Waals surface area contributed by atoms with Crippen LogP contribution in [0.3, 0.4) is 0 Å². The average molecular weight is 469 g/mol. The maximum absolute atomic E-state index is 13.5. The highest BCUT2D eigenvalue weighted by Gasteiger charge is 2.29. The lowest BCUT2D eigenvalue weighted by molar-refractivity contribution is 0.478. The van der Waals surface area contributed by atoms with Gasteiger partial charge in [-0.3, -0.25) is 9.78 Å². The lowest BCUT2D eigenvalue weighted by Crippen LogP contribution is -2.33. The third kappa shape index (κ3) is 3.51. The fourth-order valence-electron chi connectivity index (χ4n) is 3.66. The second-order valence-corrected chi connectivity index (χ2v) is 8.60. The van der Waals surface area contributed by atoms with Gasteiger partial charge in [0.05, 0.1) is 17.7 Å². The number of amidine groups is 1. The zero-order valence-electron chi connectivity index (χ0n) is 16.5. The molecule has 0 aliphatic carbocycles. The summed E-state index contributed by atoms with van der Waals surface area (Å²) in [6.45, 7) is 0.192. The van der Waals surface area contributed by atoms with Crippen LogP contribution in [0.5, 0.6) is 5.75 Å². The summed E-state index contributed by atoms with van der Waals surface area (Å²) in [7, 11) is -4.04. The first-order valence-corrected chi connectivity index (χ1v) is 10.8. The first kappa shape index (κ1) is 21.5. The fraction of sp³-hybridized carbons (Fsp3) is 0.0455. The summed E-state index contributed by atoms with van der Waals surface area (Å²) < 4.78 is 30.7. The van der Waals surface area contributed by atoms with E-state index in [0.717, 1.165) is 5.56 Å². The number of aromatic hydroxyl groups is 1. The number of pyridine rings is 2. The molecule has 8 nitrogen and oxygen atoms in total. The largest absolute Gasteiger partial charge is 0.506 e. The molecule has 5 rings (SSSR count). The second kappa shape index (κ2) is 8.10. The van der Waals surface area contributed by atoms with Crippen LogP contribution in [0.4, 0.5) is 5.69 Å². The van der Waals surface area contributed by atoms with Crippen molar-refractivity contribution < 1.29 is 13.5 Å². The van der Waals surface area contributed by atoms with Gasteiger partial charge in [-0.15, -0.1) is 16.8 Å². The highest BCUT2D eigenvalue weighted by molar-refractivity contribution is 7.90. The molecule has 10 heteroatoms. The Labute approximate surface area is 189 Å². The van der Waals surface area contributed by atoms with E-state index < -0.39 is 15.6 Å². The minimum atomic E-state index is -4.04. The number of nitrogens with zero attached hydrogens (tertiary/aromatic N) is 3. The summed E-state index contributed by atoms with van der Waals surface area (Å²) in [4.78, 5) is 17.6. The number of halogens is 1. The van der Waals surface area contributed by atoms with Crippen LogP contribution >= 0.6 is 12.4 Å². The van der Waals surface area contributed by atoms with E-state index in [-0.39, 0.29) is 41.0 Å². The molecule has 32 heavy (non-hydrogen) atoms. The van der Waals surface area contributed by atoms with Crippen molar-refractivity contribution in [2.75, 3.05) is 5.32 Å². The van der Waals surface area contributed by atoms with Gasteiger partial charge in [-0.1, -0.05) is 30.3 Å². The molecule has 0 saturated heterocycles. The molecule has 0 radical (unpaired) electrons. The monoisotopic (exact) mass is 468 g/mol. The lowest BCUT2D eigenvalue weighted by atomic mass is 10.1. The van der Waals surface area contributed by atoms with Crippen LogP contribution in [0.25, 0.3) is 10.9 Å². The van der Waals surface area contributed by atoms with Crippen molar-refractivity contribution in [2.24, 2.45) is 4.40 Å². The van der Waals surface area contributed by atoms with Crippen LogP contribution in [0, 0.1) is 0 Å². The molecule has 0 atom stereocenters. The Morgan fingerprint density at radius 1 is 1.00 bits per heavy atom. The molecule has 2 aromatic carbocycles. The van der Waals surface area contributed by atoms with E-state index in [1.54, 1.807) is 60.9 Å². The van der Waals surface area contributed by atoms with Crippen molar-refractivity contribution >= 4 is 44.9 Å². The van der Waals surface area contributed by atoms with Crippen molar-refractivity contribution in [3.63, 3.8) is 0 Å². The second-order valence-electron chi connectivity index (χ2n) is 7.03. The quantitative estimate of drug-likeness (QED) is 0.477. The van der Waals surface area contributed by atoms with Gasteiger partial charge >= 0.3 is 0 Å². The number of anilines is 1. The van der Waals surface area contributed by atoms with Crippen LogP contribution in [0.15, 0.2) is 87.1 Å². The summed E-state index contributed by atoms with van der Waals surface area (Å²) in [5.41, 5.74) is 0.806. The summed E-state index contributed by atoms with van der Waals surface area (Å²) >= 11 is 0. The number of rotatable bonds is 3. The predicted molar refractivity (Wildman–Crippen MR) is 124 cm³/mol. The van der Waals surface area contributed by atoms with Crippen molar-refractivity contribution in [1.29, 1.82) is 0 Å². The Balaban J connectivity index is 0.00000245. The van der Waals surface area contributed by atoms with Gasteiger partial charge in [0, 0.05) is 17.8 Å². The first-order valence-electron chi connectivity index (χ1n) is 9.40. The minimum Gasteiger partial charge on any atom is -0.506 e. The molecule has 0 bridgehead atoms. The van der Waals surface area contributed by atoms with Crippen molar-refractivity contribution in [2.45, 2.75) is 11.4 Å². The van der Waals surface area contributed by atoms with E-state index in [9.17, 15) is 18.3 Å². The smallest absolute Gasteiger partial charge is 0.286 e. The Morgan fingerprint density at radius 3 is 2.53 bits per heavy atom. The van der Waals surface area contributed by atoms with Gasteiger partial charge < -0.3 is 15.0 Å². The Morgan fingerprint density at radius 2 is 1.75 bits per heavy atom. The number of hydrogen-bond acceptors (Lipinski definition) is 6. The van der Waals surface area contributed by atoms with Gasteiger partial charge in [0.15, 0.2) is 5.84 Å². The van der Waals surface area contributed by atoms with Gasteiger partial charge in [-0.25, -0.2) is 0 Å². The molecule has 1 aliphatic heterocycles. The zero-order valence-corrected chi connectivity index (χ0v) is 18.1. The molecular weight excluding hydrogens is 452 g/mol. The summed E-state index contributed by atoms with van der Waals surface area (Å²) in [6.07, 6.45) is 3.28. The fourth-order valence-corrected chi connectivity index (χ4v) is 4.78. The normalized spacial score (nSPS) is 14.1. The van der Waals surface area contributed by atoms with Crippen molar-refractivity contribution in [3.05, 3.63) is 94.5 Å². The minimum absolute atomic E-state index is 0. The van der Waals surface area contributed by atoms with Gasteiger partial charge in [0.25, 0.3) is 15.6 Å². The highest BCUT2D eigenvalue weighted by Crippen LogP contribution is 2.32. The molecule has 2 N–H and O–H groups in total. The van der Waals surface area contributed by atoms with E-state index in [4.69, 9.17) is 0 Å². The number of sulfonamides is 1. The van der Waals surface area contributed by atoms with E-state index >= 15 is 0 Å². The number of benzene rings is 2. The van der Waals surface area contributed by atoms with E-state index in [2.05, 4.69) is 14.7 Å². The molecule has 0 fully saturated rings. The predicted octanol–water partition coefficient (Wildman–Crippen LogP) is 3.13. The molecule has 1 aliphatic rings. The SMILES string of the molecule is Cl.O=c1c(C2=NS(=O)(=O)c3ccccc3N2)c(O)c2ccccc2n1Cc1cccnc1. The van der Waals surface area contributed by atoms with Gasteiger partial charge in [0.1, 0.15) is 16.2 Å². The first-order chi connectivity index (χ1) is 15.0. The molecule has 162 valence electrons. The topological polar surface area (TPSA) is 114 Å². The van der Waals surface area contributed by atoms with Crippen molar-refractivity contribution in [1.82, 2.24) is 9.55 Å². The van der Waals surface area contributed by atoms with Gasteiger partial charge in [-0.2, -0.15) is 8.42 Å². The van der Waals surface area contributed by atoms with Crippen LogP contribution in [-0.4, -0.2) is 28.9 Å². The van der Waals surface area contributed by atoms with Crippen LogP contribution in [0.2, 0.25) is 0 Å². The molecule has 3 heterocycles. The number of aromatic nitrogens is 2. The van der Waals surface area contributed by atoms with E-state index in [0.29, 0.717) is 16.6 Å². The maximum Gasteiger partial charge on any atom is 0.286 e. The van der Waals surface area contributed by atoms with Crippen LogP contribution in [0.1, 0.15) is 11.1 Å². The van der Waals surface area contributed by atoms with Crippen LogP contribution in [-0.2, 0) is 16.6 Å². The molecule has 2 aromatic heterocycles. The maximum atomic E-state index is 13.5. The number of hydrogen-bond donors (Lipinski definition) is 2. The summed E-state index contributed by atoms with van der Waals surface area (Å²) in [5, 5.41) is 14.2. The molecule has 0 unspecified atom stereocenters. The van der Waals surface area contributed by atoms with E-state index in [1.807, 2.05) is 6.07 Å². The third-order valence-electron chi connectivity index (χ3n) is 5.08. The Hall–Kier alpha value is -3.69. The molecular formula is C22H17ClN4O4S. The number of nitrogens with one attached hydrogen (secondary N) is 1. The standard InChI is InChI=1S/C22H16N4O4S.ClH/c27-20-15-7-1-3-9-17(15)26(13-14-6-5-11-23-12-14)22(28)19(20)21-24-16-8-2-4-10-18(16)31(29,30)25-21;/h1-12,27H,13H2,(H,24,25);1H. The number of para-hydroxylation sites is 2. The molecule has 0 amide bonds. The van der Waals surface area contributed by atoms with E-state index in [1.165, 1.54) is 10.6 Å². The average Bonchev–Trinajstić information content (AvgIpc) is 2.77. The van der Waals surface area contributed by atoms with Crippen molar-refractivity contribution in [3.8, 4) is 5.75 Å². The number of fused-ring (bicyclic) bond motifs is 2. The molecule has 4 aromatic rings. The Bertz CT molecular complexity index is 1530. The van der Waals surface area contributed by atoms with Crippen LogP contribution < -0.4 is 10.9 Å². The van der Waals surface area contributed by atoms with Gasteiger partial charge in [0.2, 0.25) is 0 Å². The Kier molecular flexibility index (Phi) is 5.45. The lowest BCUT2D eigenvalue weighted by Gasteiger charge is -2.20.